The van der Waals surface area contributed by atoms with Crippen LogP contribution in [-0.2, 0) is 4.79 Å². The third-order valence-electron chi connectivity index (χ3n) is 5.30. The van der Waals surface area contributed by atoms with Crippen LogP contribution >= 0.6 is 15.9 Å². The number of ketones is 1. The maximum atomic E-state index is 13.6. The summed E-state index contributed by atoms with van der Waals surface area (Å²) in [6.07, 6.45) is 6.05. The van der Waals surface area contributed by atoms with Crippen molar-refractivity contribution in [1.29, 1.82) is 0 Å². The van der Waals surface area contributed by atoms with Crippen molar-refractivity contribution in [3.05, 3.63) is 41.8 Å². The molecule has 2 nitrogen and oxygen atoms in total. The average molecular weight is 378 g/mol. The Balaban J connectivity index is 1.78. The van der Waals surface area contributed by atoms with E-state index in [-0.39, 0.29) is 11.7 Å². The highest BCUT2D eigenvalue weighted by molar-refractivity contribution is 9.09. The van der Waals surface area contributed by atoms with E-state index in [0.29, 0.717) is 22.9 Å². The lowest BCUT2D eigenvalue weighted by Crippen LogP contribution is -2.26. The zero-order chi connectivity index (χ0) is 16.4. The quantitative estimate of drug-likeness (QED) is 0.681. The van der Waals surface area contributed by atoms with Gasteiger partial charge in [0.15, 0.2) is 0 Å². The first-order valence-corrected chi connectivity index (χ1v) is 9.35. The molecule has 0 radical (unpaired) electrons. The molecule has 122 valence electrons. The van der Waals surface area contributed by atoms with Crippen LogP contribution in [0.3, 0.4) is 0 Å². The SMILES string of the molecule is C[C@@H](C(=O)CBr)C1CCC(c2ccnc3ccc(F)cc23)CC1. The number of aromatic nitrogens is 1. The number of benzene rings is 1. The van der Waals surface area contributed by atoms with E-state index >= 15 is 0 Å². The third kappa shape index (κ3) is 3.47. The predicted molar refractivity (Wildman–Crippen MR) is 94.4 cm³/mol. The van der Waals surface area contributed by atoms with Crippen molar-refractivity contribution >= 4 is 32.6 Å². The number of alkyl halides is 1. The molecule has 1 heterocycles. The van der Waals surface area contributed by atoms with Gasteiger partial charge in [0.25, 0.3) is 0 Å². The highest BCUT2D eigenvalue weighted by Gasteiger charge is 2.29. The fraction of sp³-hybridized carbons (Fsp3) is 0.474. The molecule has 1 aromatic heterocycles. The van der Waals surface area contributed by atoms with Gasteiger partial charge in [-0.3, -0.25) is 9.78 Å². The van der Waals surface area contributed by atoms with Crippen molar-refractivity contribution in [2.24, 2.45) is 11.8 Å². The third-order valence-corrected chi connectivity index (χ3v) is 5.85. The number of pyridine rings is 1. The van der Waals surface area contributed by atoms with Gasteiger partial charge in [-0.25, -0.2) is 4.39 Å². The van der Waals surface area contributed by atoms with Gasteiger partial charge in [-0.2, -0.15) is 0 Å². The van der Waals surface area contributed by atoms with E-state index in [1.54, 1.807) is 12.1 Å². The Morgan fingerprint density at radius 3 is 2.74 bits per heavy atom. The largest absolute Gasteiger partial charge is 0.298 e. The summed E-state index contributed by atoms with van der Waals surface area (Å²) in [6.45, 7) is 2.05. The molecule has 1 aromatic carbocycles. The van der Waals surface area contributed by atoms with Crippen LogP contribution in [0.15, 0.2) is 30.5 Å². The van der Waals surface area contributed by atoms with Crippen LogP contribution in [0.25, 0.3) is 10.9 Å². The summed E-state index contributed by atoms with van der Waals surface area (Å²) in [5.74, 6) is 1.12. The molecule has 3 rings (SSSR count). The van der Waals surface area contributed by atoms with Crippen LogP contribution in [0.1, 0.15) is 44.1 Å². The van der Waals surface area contributed by atoms with Crippen LogP contribution in [0.4, 0.5) is 4.39 Å². The molecule has 0 unspecified atom stereocenters. The van der Waals surface area contributed by atoms with Gasteiger partial charge in [-0.05, 0) is 67.3 Å². The van der Waals surface area contributed by atoms with Crippen LogP contribution in [0.2, 0.25) is 0 Å². The number of halogens is 2. The maximum Gasteiger partial charge on any atom is 0.146 e. The van der Waals surface area contributed by atoms with E-state index in [4.69, 9.17) is 0 Å². The Morgan fingerprint density at radius 1 is 1.30 bits per heavy atom. The zero-order valence-electron chi connectivity index (χ0n) is 13.3. The molecule has 1 atom stereocenters. The van der Waals surface area contributed by atoms with Crippen LogP contribution < -0.4 is 0 Å². The Bertz CT molecular complexity index is 710. The molecule has 0 aliphatic heterocycles. The standard InChI is InChI=1S/C19H21BrFNO/c1-12(19(23)11-20)13-2-4-14(5-3-13)16-8-9-22-18-7-6-15(21)10-17(16)18/h6-10,12-14H,2-5,11H2,1H3/t12-,13?,14?/m1/s1. The second-order valence-corrected chi connectivity index (χ2v) is 7.12. The topological polar surface area (TPSA) is 30.0 Å². The van der Waals surface area contributed by atoms with Crippen molar-refractivity contribution in [3.8, 4) is 0 Å². The van der Waals surface area contributed by atoms with E-state index in [9.17, 15) is 9.18 Å². The molecule has 0 saturated heterocycles. The lowest BCUT2D eigenvalue weighted by molar-refractivity contribution is -0.121. The highest BCUT2D eigenvalue weighted by atomic mass is 79.9. The fourth-order valence-electron chi connectivity index (χ4n) is 3.81. The van der Waals surface area contributed by atoms with Gasteiger partial charge >= 0.3 is 0 Å². The van der Waals surface area contributed by atoms with Crippen LogP contribution in [0, 0.1) is 17.7 Å². The second-order valence-electron chi connectivity index (χ2n) is 6.56. The smallest absolute Gasteiger partial charge is 0.146 e. The fourth-order valence-corrected chi connectivity index (χ4v) is 4.32. The summed E-state index contributed by atoms with van der Waals surface area (Å²) in [5.41, 5.74) is 2.06. The molecule has 0 spiro atoms. The molecule has 2 aromatic rings. The number of carbonyl (C=O) groups excluding carboxylic acids is 1. The predicted octanol–water partition coefficient (Wildman–Crippen LogP) is 5.25. The van der Waals surface area contributed by atoms with Gasteiger partial charge in [0, 0.05) is 17.5 Å². The Kier molecular flexibility index (Phi) is 5.10. The molecule has 1 aliphatic carbocycles. The van der Waals surface area contributed by atoms with Crippen molar-refractivity contribution in [2.75, 3.05) is 5.33 Å². The minimum atomic E-state index is -0.211. The molecular weight excluding hydrogens is 357 g/mol. The van der Waals surface area contributed by atoms with E-state index in [1.165, 1.54) is 11.6 Å². The molecular formula is C19H21BrFNO. The van der Waals surface area contributed by atoms with Crippen molar-refractivity contribution in [3.63, 3.8) is 0 Å². The Morgan fingerprint density at radius 2 is 2.04 bits per heavy atom. The number of rotatable bonds is 4. The van der Waals surface area contributed by atoms with Crippen molar-refractivity contribution in [2.45, 2.75) is 38.5 Å². The maximum absolute atomic E-state index is 13.6. The summed E-state index contributed by atoms with van der Waals surface area (Å²) in [5, 5.41) is 1.38. The normalized spacial score (nSPS) is 22.9. The monoisotopic (exact) mass is 377 g/mol. The molecule has 0 amide bonds. The summed E-state index contributed by atoms with van der Waals surface area (Å²) in [7, 11) is 0. The summed E-state index contributed by atoms with van der Waals surface area (Å²) in [6, 6.07) is 6.83. The molecule has 1 saturated carbocycles. The van der Waals surface area contributed by atoms with Gasteiger partial charge in [-0.1, -0.05) is 22.9 Å². The lowest BCUT2D eigenvalue weighted by Gasteiger charge is -2.32. The van der Waals surface area contributed by atoms with Crippen molar-refractivity contribution < 1.29 is 9.18 Å². The summed E-state index contributed by atoms with van der Waals surface area (Å²) >= 11 is 3.27. The van der Waals surface area contributed by atoms with Crippen LogP contribution in [0.5, 0.6) is 0 Å². The van der Waals surface area contributed by atoms with Gasteiger partial charge < -0.3 is 0 Å². The van der Waals surface area contributed by atoms with E-state index < -0.39 is 0 Å². The number of carbonyl (C=O) groups is 1. The molecule has 1 aliphatic rings. The zero-order valence-corrected chi connectivity index (χ0v) is 14.9. The van der Waals surface area contributed by atoms with E-state index in [1.807, 2.05) is 19.2 Å². The van der Waals surface area contributed by atoms with E-state index in [2.05, 4.69) is 20.9 Å². The number of Topliss-reactive ketones (excluding diaryl/α,β-unsaturated/α-hetero) is 1. The second kappa shape index (κ2) is 7.08. The first kappa shape index (κ1) is 16.6. The molecule has 0 N–H and O–H groups in total. The minimum absolute atomic E-state index is 0.127. The lowest BCUT2D eigenvalue weighted by atomic mass is 9.73. The first-order valence-electron chi connectivity index (χ1n) is 8.23. The Hall–Kier alpha value is -1.29. The number of fused-ring (bicyclic) bond motifs is 1. The molecule has 4 heteroatoms. The van der Waals surface area contributed by atoms with Crippen molar-refractivity contribution in [1.82, 2.24) is 4.98 Å². The highest BCUT2D eigenvalue weighted by Crippen LogP contribution is 2.40. The van der Waals surface area contributed by atoms with Crippen LogP contribution in [-0.4, -0.2) is 16.1 Å². The average Bonchev–Trinajstić information content (AvgIpc) is 2.60. The minimum Gasteiger partial charge on any atom is -0.298 e. The van der Waals surface area contributed by atoms with Gasteiger partial charge in [0.1, 0.15) is 11.6 Å². The summed E-state index contributed by atoms with van der Waals surface area (Å²) < 4.78 is 13.6. The molecule has 1 fully saturated rings. The number of hydrogen-bond donors (Lipinski definition) is 0. The van der Waals surface area contributed by atoms with Gasteiger partial charge in [0.05, 0.1) is 10.8 Å². The summed E-state index contributed by atoms with van der Waals surface area (Å²) in [4.78, 5) is 16.2. The molecule has 23 heavy (non-hydrogen) atoms. The van der Waals surface area contributed by atoms with E-state index in [0.717, 1.165) is 36.6 Å². The number of hydrogen-bond acceptors (Lipinski definition) is 2. The number of nitrogens with zero attached hydrogens (tertiary/aromatic N) is 1. The molecule has 0 bridgehead atoms. The van der Waals surface area contributed by atoms with Gasteiger partial charge in [-0.15, -0.1) is 0 Å². The first-order chi connectivity index (χ1) is 11.1. The Labute approximate surface area is 144 Å². The van der Waals surface area contributed by atoms with Gasteiger partial charge in [0.2, 0.25) is 0 Å².